The van der Waals surface area contributed by atoms with Gasteiger partial charge in [-0.1, -0.05) is 123 Å². The summed E-state index contributed by atoms with van der Waals surface area (Å²) in [6.45, 7) is 6.89. The van der Waals surface area contributed by atoms with Gasteiger partial charge in [0.25, 0.3) is 0 Å². The average molecular weight is 589 g/mol. The van der Waals surface area contributed by atoms with Crippen LogP contribution in [0.25, 0.3) is 76.9 Å². The van der Waals surface area contributed by atoms with Gasteiger partial charge in [-0.3, -0.25) is 0 Å². The maximum Gasteiger partial charge on any atom is 0.0627 e. The van der Waals surface area contributed by atoms with Crippen LogP contribution in [0.1, 0.15) is 30.5 Å². The van der Waals surface area contributed by atoms with E-state index in [0.29, 0.717) is 0 Å². The summed E-state index contributed by atoms with van der Waals surface area (Å²) >= 11 is 0. The Bertz CT molecular complexity index is 2720. The van der Waals surface area contributed by atoms with Crippen molar-refractivity contribution in [3.8, 4) is 22.5 Å². The van der Waals surface area contributed by atoms with Crippen molar-refractivity contribution in [2.75, 3.05) is 0 Å². The van der Waals surface area contributed by atoms with E-state index in [-0.39, 0.29) is 5.41 Å². The number of nitrogens with zero attached hydrogens (tertiary/aromatic N) is 2. The molecule has 0 atom stereocenters. The lowest BCUT2D eigenvalue weighted by Crippen LogP contribution is -2.15. The van der Waals surface area contributed by atoms with Crippen molar-refractivity contribution in [3.63, 3.8) is 0 Å². The molecule has 0 unspecified atom stereocenters. The molecule has 0 bridgehead atoms. The van der Waals surface area contributed by atoms with Crippen LogP contribution in [-0.4, -0.2) is 9.13 Å². The number of fused-ring (bicyclic) bond motifs is 13. The summed E-state index contributed by atoms with van der Waals surface area (Å²) in [6, 6.07) is 51.9. The topological polar surface area (TPSA) is 9.86 Å². The molecule has 218 valence electrons. The highest BCUT2D eigenvalue weighted by Crippen LogP contribution is 2.51. The van der Waals surface area contributed by atoms with Crippen molar-refractivity contribution in [1.82, 2.24) is 9.13 Å². The van der Waals surface area contributed by atoms with Gasteiger partial charge in [0.15, 0.2) is 0 Å². The molecule has 0 aliphatic heterocycles. The van der Waals surface area contributed by atoms with Gasteiger partial charge in [-0.2, -0.15) is 0 Å². The molecule has 1 aliphatic carbocycles. The second kappa shape index (κ2) is 8.99. The van der Waals surface area contributed by atoms with Crippen molar-refractivity contribution in [2.24, 2.45) is 0 Å². The van der Waals surface area contributed by atoms with Crippen LogP contribution < -0.4 is 0 Å². The summed E-state index contributed by atoms with van der Waals surface area (Å²) in [7, 11) is 0. The molecule has 0 N–H and O–H groups in total. The minimum atomic E-state index is -0.0719. The Morgan fingerprint density at radius 1 is 0.435 bits per heavy atom. The van der Waals surface area contributed by atoms with Crippen LogP contribution in [-0.2, 0) is 5.41 Å². The predicted octanol–water partition coefficient (Wildman–Crippen LogP) is 11.6. The lowest BCUT2D eigenvalue weighted by atomic mass is 9.82. The molecule has 2 nitrogen and oxygen atoms in total. The third-order valence-electron chi connectivity index (χ3n) is 10.6. The highest BCUT2D eigenvalue weighted by molar-refractivity contribution is 6.37. The molecular weight excluding hydrogens is 556 g/mol. The van der Waals surface area contributed by atoms with E-state index < -0.39 is 0 Å². The Labute approximate surface area is 267 Å². The number of rotatable bonds is 2. The molecule has 7 aromatic carbocycles. The number of benzene rings is 7. The highest BCUT2D eigenvalue weighted by Gasteiger charge is 2.35. The lowest BCUT2D eigenvalue weighted by molar-refractivity contribution is 0.660. The van der Waals surface area contributed by atoms with Gasteiger partial charge in [0, 0.05) is 49.1 Å². The first-order chi connectivity index (χ1) is 22.5. The molecule has 0 amide bonds. The van der Waals surface area contributed by atoms with E-state index in [0.717, 1.165) is 0 Å². The average Bonchev–Trinajstić information content (AvgIpc) is 3.69. The summed E-state index contributed by atoms with van der Waals surface area (Å²) in [4.78, 5) is 0. The normalized spacial score (nSPS) is 13.7. The zero-order chi connectivity index (χ0) is 30.7. The standard InChI is InChI=1S/C44H32N2/c1-27-20-22-28(23-21-27)45-38-18-10-7-15-34(38)40-41-35-16-8-11-19-39(35)46(43(41)33-14-5-4-13-32(33)42(40)45)29-24-25-31-30-12-6-9-17-36(30)44(2,3)37(31)26-29/h4-26H,1-3H3. The Kier molecular flexibility index (Phi) is 5.02. The van der Waals surface area contributed by atoms with E-state index in [9.17, 15) is 0 Å². The van der Waals surface area contributed by atoms with Gasteiger partial charge in [-0.05, 0) is 65.6 Å². The third-order valence-corrected chi connectivity index (χ3v) is 10.6. The van der Waals surface area contributed by atoms with Crippen molar-refractivity contribution >= 4 is 54.4 Å². The number of aryl methyl sites for hydroxylation is 1. The van der Waals surface area contributed by atoms with E-state index in [4.69, 9.17) is 0 Å². The second-order valence-corrected chi connectivity index (χ2v) is 13.4. The zero-order valence-corrected chi connectivity index (χ0v) is 26.2. The Balaban J connectivity index is 1.41. The van der Waals surface area contributed by atoms with Crippen LogP contribution in [0.5, 0.6) is 0 Å². The third kappa shape index (κ3) is 3.21. The molecule has 10 rings (SSSR count). The first-order valence-electron chi connectivity index (χ1n) is 16.2. The Morgan fingerprint density at radius 2 is 0.913 bits per heavy atom. The highest BCUT2D eigenvalue weighted by atomic mass is 15.0. The number of para-hydroxylation sites is 2. The quantitative estimate of drug-likeness (QED) is 0.190. The molecule has 46 heavy (non-hydrogen) atoms. The van der Waals surface area contributed by atoms with Crippen LogP contribution in [0.4, 0.5) is 0 Å². The Hall–Kier alpha value is -5.60. The van der Waals surface area contributed by atoms with E-state index in [1.165, 1.54) is 93.6 Å². The van der Waals surface area contributed by atoms with Crippen LogP contribution in [0, 0.1) is 6.92 Å². The van der Waals surface area contributed by atoms with E-state index in [1.807, 2.05) is 0 Å². The SMILES string of the molecule is Cc1ccc(-n2c3ccccc3c3c4c5ccccc5n(-c5ccc6c(c5)C(C)(C)c5ccccc5-6)c4c4ccccc4c32)cc1. The summed E-state index contributed by atoms with van der Waals surface area (Å²) in [5, 5.41) is 7.72. The summed E-state index contributed by atoms with van der Waals surface area (Å²) in [5.74, 6) is 0. The summed E-state index contributed by atoms with van der Waals surface area (Å²) in [5.41, 5.74) is 14.1. The molecule has 2 heterocycles. The molecule has 0 radical (unpaired) electrons. The molecule has 0 saturated carbocycles. The summed E-state index contributed by atoms with van der Waals surface area (Å²) in [6.07, 6.45) is 0. The molecular formula is C44H32N2. The first-order valence-corrected chi connectivity index (χ1v) is 16.2. The molecule has 0 saturated heterocycles. The van der Waals surface area contributed by atoms with Gasteiger partial charge in [-0.25, -0.2) is 0 Å². The maximum absolute atomic E-state index is 2.53. The predicted molar refractivity (Wildman–Crippen MR) is 195 cm³/mol. The van der Waals surface area contributed by atoms with E-state index >= 15 is 0 Å². The largest absolute Gasteiger partial charge is 0.309 e. The van der Waals surface area contributed by atoms with Crippen LogP contribution in [0.3, 0.4) is 0 Å². The minimum Gasteiger partial charge on any atom is -0.309 e. The van der Waals surface area contributed by atoms with E-state index in [1.54, 1.807) is 0 Å². The number of aromatic nitrogens is 2. The molecule has 0 fully saturated rings. The van der Waals surface area contributed by atoms with Crippen LogP contribution in [0.2, 0.25) is 0 Å². The second-order valence-electron chi connectivity index (χ2n) is 13.4. The van der Waals surface area contributed by atoms with Crippen molar-refractivity contribution in [3.05, 3.63) is 156 Å². The van der Waals surface area contributed by atoms with Crippen molar-refractivity contribution in [2.45, 2.75) is 26.2 Å². The molecule has 2 aromatic heterocycles. The Morgan fingerprint density at radius 3 is 1.54 bits per heavy atom. The van der Waals surface area contributed by atoms with Gasteiger partial charge in [0.05, 0.1) is 22.1 Å². The zero-order valence-electron chi connectivity index (χ0n) is 26.2. The number of hydrogen-bond acceptors (Lipinski definition) is 0. The van der Waals surface area contributed by atoms with Gasteiger partial charge in [0.2, 0.25) is 0 Å². The fourth-order valence-corrected chi connectivity index (χ4v) is 8.45. The van der Waals surface area contributed by atoms with Crippen molar-refractivity contribution < 1.29 is 0 Å². The monoisotopic (exact) mass is 588 g/mol. The van der Waals surface area contributed by atoms with Gasteiger partial charge in [0.1, 0.15) is 0 Å². The van der Waals surface area contributed by atoms with Gasteiger partial charge < -0.3 is 9.13 Å². The number of hydrogen-bond donors (Lipinski definition) is 0. The van der Waals surface area contributed by atoms with E-state index in [2.05, 4.69) is 169 Å². The van der Waals surface area contributed by atoms with Gasteiger partial charge in [-0.15, -0.1) is 0 Å². The fraction of sp³-hybridized carbons (Fsp3) is 0.0909. The summed E-state index contributed by atoms with van der Waals surface area (Å²) < 4.78 is 5.01. The van der Waals surface area contributed by atoms with Crippen LogP contribution >= 0.6 is 0 Å². The molecule has 0 spiro atoms. The minimum absolute atomic E-state index is 0.0719. The molecule has 2 heteroatoms. The lowest BCUT2D eigenvalue weighted by Gasteiger charge is -2.22. The van der Waals surface area contributed by atoms with Crippen LogP contribution in [0.15, 0.2) is 140 Å². The smallest absolute Gasteiger partial charge is 0.0627 e. The van der Waals surface area contributed by atoms with Crippen molar-refractivity contribution in [1.29, 1.82) is 0 Å². The molecule has 1 aliphatic rings. The maximum atomic E-state index is 2.53. The first kappa shape index (κ1) is 25.7. The molecule has 9 aromatic rings. The van der Waals surface area contributed by atoms with Gasteiger partial charge >= 0.3 is 0 Å². The fourth-order valence-electron chi connectivity index (χ4n) is 8.45.